The van der Waals surface area contributed by atoms with Gasteiger partial charge in [-0.15, -0.1) is 10.2 Å². The highest BCUT2D eigenvalue weighted by atomic mass is 32.1. The molecule has 3 aromatic rings. The van der Waals surface area contributed by atoms with Crippen LogP contribution in [0.1, 0.15) is 17.8 Å². The van der Waals surface area contributed by atoms with E-state index >= 15 is 4.39 Å². The van der Waals surface area contributed by atoms with Crippen molar-refractivity contribution in [2.45, 2.75) is 25.4 Å². The van der Waals surface area contributed by atoms with Crippen LogP contribution in [0.5, 0.6) is 0 Å². The Bertz CT molecular complexity index is 991. The number of piperidine rings is 1. The molecule has 1 aliphatic rings. The lowest BCUT2D eigenvalue weighted by Gasteiger charge is -2.35. The molecule has 2 aromatic heterocycles. The number of hydrogen-bond acceptors (Lipinski definition) is 6. The van der Waals surface area contributed by atoms with Gasteiger partial charge in [0.2, 0.25) is 0 Å². The Hall–Kier alpha value is -2.38. The molecule has 0 spiro atoms. The van der Waals surface area contributed by atoms with E-state index in [1.165, 1.54) is 0 Å². The van der Waals surface area contributed by atoms with Crippen molar-refractivity contribution in [1.29, 1.82) is 0 Å². The molecular weight excluding hydrogens is 361 g/mol. The van der Waals surface area contributed by atoms with Gasteiger partial charge in [-0.1, -0.05) is 30.0 Å². The number of pyridine rings is 1. The number of halogens is 1. The molecule has 140 valence electrons. The molecule has 1 aromatic carbocycles. The van der Waals surface area contributed by atoms with Crippen LogP contribution in [0, 0.1) is 6.92 Å². The molecule has 0 atom stereocenters. The summed E-state index contributed by atoms with van der Waals surface area (Å²) in [5, 5.41) is 15.2. The van der Waals surface area contributed by atoms with Gasteiger partial charge in [-0.3, -0.25) is 0 Å². The number of nitrogens with zero attached hydrogens (tertiary/aromatic N) is 4. The summed E-state index contributed by atoms with van der Waals surface area (Å²) in [5.74, 6) is 0.606. The van der Waals surface area contributed by atoms with Gasteiger partial charge in [0, 0.05) is 35.9 Å². The Labute approximate surface area is 162 Å². The molecule has 1 aliphatic heterocycles. The average Bonchev–Trinajstić information content (AvgIpc) is 3.10. The highest BCUT2D eigenvalue weighted by Gasteiger charge is 2.36. The summed E-state index contributed by atoms with van der Waals surface area (Å²) in [6.07, 6.45) is 2.69. The quantitative estimate of drug-likeness (QED) is 0.723. The zero-order chi connectivity index (χ0) is 19.0. The predicted octanol–water partition coefficient (Wildman–Crippen LogP) is 4.42. The highest BCUT2D eigenvalue weighted by molar-refractivity contribution is 7.14. The van der Waals surface area contributed by atoms with Crippen LogP contribution >= 0.6 is 11.3 Å². The van der Waals surface area contributed by atoms with Crippen molar-refractivity contribution in [3.8, 4) is 10.6 Å². The number of aromatic nitrogens is 3. The molecule has 0 amide bonds. The number of nitrogens with one attached hydrogen (secondary N) is 1. The topological polar surface area (TPSA) is 53.9 Å². The minimum Gasteiger partial charge on any atom is -0.341 e. The fourth-order valence-electron chi connectivity index (χ4n) is 3.30. The second kappa shape index (κ2) is 6.98. The third kappa shape index (κ3) is 3.70. The second-order valence-electron chi connectivity index (χ2n) is 7.13. The van der Waals surface area contributed by atoms with E-state index in [2.05, 4.69) is 38.0 Å². The van der Waals surface area contributed by atoms with Gasteiger partial charge in [0.25, 0.3) is 0 Å². The molecule has 27 heavy (non-hydrogen) atoms. The average molecular weight is 383 g/mol. The van der Waals surface area contributed by atoms with Crippen molar-refractivity contribution in [3.63, 3.8) is 0 Å². The largest absolute Gasteiger partial charge is 0.341 e. The van der Waals surface area contributed by atoms with E-state index < -0.39 is 5.67 Å². The van der Waals surface area contributed by atoms with Crippen LogP contribution in [-0.2, 0) is 0 Å². The van der Waals surface area contributed by atoms with Crippen LogP contribution in [-0.4, -0.2) is 45.9 Å². The van der Waals surface area contributed by atoms with E-state index in [9.17, 15) is 0 Å². The second-order valence-corrected chi connectivity index (χ2v) is 8.31. The zero-order valence-electron chi connectivity index (χ0n) is 15.5. The first-order valence-corrected chi connectivity index (χ1v) is 9.79. The molecule has 3 heterocycles. The lowest BCUT2D eigenvalue weighted by Crippen LogP contribution is -2.42. The maximum Gasteiger partial charge on any atom is 0.152 e. The van der Waals surface area contributed by atoms with Crippen molar-refractivity contribution in [2.24, 2.45) is 0 Å². The Kier molecular flexibility index (Phi) is 4.65. The minimum absolute atomic E-state index is 0.387. The maximum absolute atomic E-state index is 15.2. The summed E-state index contributed by atoms with van der Waals surface area (Å²) in [5.41, 5.74) is 0.00874. The fourth-order valence-corrected chi connectivity index (χ4v) is 3.98. The summed E-state index contributed by atoms with van der Waals surface area (Å²) >= 11 is 1.56. The molecule has 0 unspecified atom stereocenters. The van der Waals surface area contributed by atoms with Crippen molar-refractivity contribution in [3.05, 3.63) is 47.7 Å². The van der Waals surface area contributed by atoms with Gasteiger partial charge in [0.1, 0.15) is 15.8 Å². The van der Waals surface area contributed by atoms with E-state index in [-0.39, 0.29) is 0 Å². The highest BCUT2D eigenvalue weighted by Crippen LogP contribution is 2.33. The Balaban J connectivity index is 1.58. The Morgan fingerprint density at radius 1 is 1.22 bits per heavy atom. The number of rotatable bonds is 4. The van der Waals surface area contributed by atoms with Crippen molar-refractivity contribution in [2.75, 3.05) is 25.5 Å². The van der Waals surface area contributed by atoms with Crippen LogP contribution in [0.4, 0.5) is 10.2 Å². The number of hydrogen-bond donors (Lipinski definition) is 1. The van der Waals surface area contributed by atoms with Crippen LogP contribution < -0.4 is 5.32 Å². The number of fused-ring (bicyclic) bond motifs is 1. The number of anilines is 1. The fraction of sp³-hybridized carbons (Fsp3) is 0.350. The zero-order valence-corrected chi connectivity index (χ0v) is 16.3. The summed E-state index contributed by atoms with van der Waals surface area (Å²) in [6, 6.07) is 8.02. The third-order valence-corrected chi connectivity index (χ3v) is 5.98. The predicted molar refractivity (Wildman–Crippen MR) is 109 cm³/mol. The van der Waals surface area contributed by atoms with E-state index in [0.717, 1.165) is 39.4 Å². The first-order chi connectivity index (χ1) is 12.9. The van der Waals surface area contributed by atoms with Gasteiger partial charge >= 0.3 is 0 Å². The minimum atomic E-state index is -1.39. The van der Waals surface area contributed by atoms with E-state index in [1.54, 1.807) is 17.5 Å². The monoisotopic (exact) mass is 383 g/mol. The Morgan fingerprint density at radius 3 is 2.70 bits per heavy atom. The van der Waals surface area contributed by atoms with Gasteiger partial charge in [-0.2, -0.15) is 0 Å². The van der Waals surface area contributed by atoms with E-state index in [0.29, 0.717) is 24.4 Å². The summed E-state index contributed by atoms with van der Waals surface area (Å²) in [4.78, 5) is 6.55. The van der Waals surface area contributed by atoms with Crippen LogP contribution in [0.25, 0.3) is 21.3 Å². The first-order valence-electron chi connectivity index (χ1n) is 8.97. The van der Waals surface area contributed by atoms with E-state index in [4.69, 9.17) is 0 Å². The van der Waals surface area contributed by atoms with Gasteiger partial charge in [-0.25, -0.2) is 9.37 Å². The summed E-state index contributed by atoms with van der Waals surface area (Å²) in [6.45, 7) is 7.36. The van der Waals surface area contributed by atoms with Gasteiger partial charge in [0.15, 0.2) is 5.67 Å². The summed E-state index contributed by atoms with van der Waals surface area (Å²) < 4.78 is 15.2. The molecule has 1 fully saturated rings. The molecule has 4 rings (SSSR count). The molecule has 1 saturated heterocycles. The number of alkyl halides is 1. The molecule has 1 N–H and O–H groups in total. The first kappa shape index (κ1) is 18.0. The lowest BCUT2D eigenvalue weighted by molar-refractivity contribution is 0.103. The molecule has 7 heteroatoms. The van der Waals surface area contributed by atoms with Crippen LogP contribution in [0.15, 0.2) is 42.7 Å². The number of aryl methyl sites for hydroxylation is 1. The standard InChI is InChI=1S/C20H22FN5S/c1-13(20(21)6-8-26(3)9-7-20)23-18-11-17-10-15(4-5-16(17)12-22-18)19-25-24-14(2)27-19/h4-5,10-12H,1,6-9H2,2-3H3,(H,22,23). The molecule has 0 bridgehead atoms. The number of likely N-dealkylation sites (tertiary alicyclic amines) is 1. The molecule has 5 nitrogen and oxygen atoms in total. The smallest absolute Gasteiger partial charge is 0.152 e. The number of allylic oxidation sites excluding steroid dienone is 1. The van der Waals surface area contributed by atoms with Crippen molar-refractivity contribution >= 4 is 27.9 Å². The molecule has 0 radical (unpaired) electrons. The summed E-state index contributed by atoms with van der Waals surface area (Å²) in [7, 11) is 2.01. The van der Waals surface area contributed by atoms with Gasteiger partial charge < -0.3 is 10.2 Å². The Morgan fingerprint density at radius 2 is 2.00 bits per heavy atom. The molecule has 0 saturated carbocycles. The van der Waals surface area contributed by atoms with Crippen LogP contribution in [0.2, 0.25) is 0 Å². The third-order valence-electron chi connectivity index (χ3n) is 5.09. The van der Waals surface area contributed by atoms with Crippen molar-refractivity contribution in [1.82, 2.24) is 20.1 Å². The maximum atomic E-state index is 15.2. The number of benzene rings is 1. The van der Waals surface area contributed by atoms with Gasteiger partial charge in [-0.05, 0) is 44.3 Å². The SMILES string of the molecule is C=C(Nc1cc2cc(-c3nnc(C)s3)ccc2cn1)C1(F)CCN(C)CC1. The lowest BCUT2D eigenvalue weighted by atomic mass is 9.90. The van der Waals surface area contributed by atoms with E-state index in [1.807, 2.05) is 32.2 Å². The normalized spacial score (nSPS) is 17.1. The molecule has 0 aliphatic carbocycles. The van der Waals surface area contributed by atoms with Crippen LogP contribution in [0.3, 0.4) is 0 Å². The van der Waals surface area contributed by atoms with Gasteiger partial charge in [0.05, 0.1) is 0 Å². The molecular formula is C20H22FN5S. The van der Waals surface area contributed by atoms with Crippen molar-refractivity contribution < 1.29 is 4.39 Å².